The van der Waals surface area contributed by atoms with Crippen molar-refractivity contribution in [2.24, 2.45) is 0 Å². The predicted molar refractivity (Wildman–Crippen MR) is 54.8 cm³/mol. The number of nitro benzene ring substituents is 1. The number of hydrogen-bond acceptors (Lipinski definition) is 4. The molecule has 0 fully saturated rings. The van der Waals surface area contributed by atoms with Crippen LogP contribution in [0.15, 0.2) is 36.9 Å². The number of nitrogens with two attached hydrogens (primary N) is 1. The van der Waals surface area contributed by atoms with E-state index in [9.17, 15) is 10.1 Å². The summed E-state index contributed by atoms with van der Waals surface area (Å²) in [5, 5.41) is 14.4. The first-order chi connectivity index (χ1) is 7.65. The molecule has 0 saturated carbocycles. The zero-order chi connectivity index (χ0) is 11.5. The van der Waals surface area contributed by atoms with Gasteiger partial charge in [-0.1, -0.05) is 0 Å². The van der Waals surface area contributed by atoms with Crippen LogP contribution in [0.4, 0.5) is 5.69 Å². The van der Waals surface area contributed by atoms with Crippen molar-refractivity contribution >= 4 is 5.69 Å². The Morgan fingerprint density at radius 2 is 2.06 bits per heavy atom. The van der Waals surface area contributed by atoms with Gasteiger partial charge in [0.25, 0.3) is 12.0 Å². The molecule has 0 bridgehead atoms. The summed E-state index contributed by atoms with van der Waals surface area (Å²) in [4.78, 5) is 10.0. The largest absolute Gasteiger partial charge is 1.00 e. The molecule has 2 rings (SSSR count). The number of halogens is 1. The first-order valence-corrected chi connectivity index (χ1v) is 4.57. The number of nitrogens with zero attached hydrogens (tertiary/aromatic N) is 4. The van der Waals surface area contributed by atoms with E-state index in [2.05, 4.69) is 5.10 Å². The fourth-order valence-corrected chi connectivity index (χ4v) is 1.33. The Hall–Kier alpha value is -2.15. The fourth-order valence-electron chi connectivity index (χ4n) is 1.33. The lowest BCUT2D eigenvalue weighted by molar-refractivity contribution is -0.744. The zero-order valence-corrected chi connectivity index (χ0v) is 9.49. The number of hydrogen-bond donors (Lipinski definition) is 1. The van der Waals surface area contributed by atoms with Gasteiger partial charge < -0.3 is 12.4 Å². The van der Waals surface area contributed by atoms with E-state index in [1.807, 2.05) is 0 Å². The van der Waals surface area contributed by atoms with Crippen LogP contribution in [-0.4, -0.2) is 14.7 Å². The van der Waals surface area contributed by atoms with E-state index < -0.39 is 4.92 Å². The number of nitrogen functional groups attached to an aromatic ring is 1. The molecule has 1 heterocycles. The summed E-state index contributed by atoms with van der Waals surface area (Å²) in [6, 6.07) is 6.33. The second kappa shape index (κ2) is 5.26. The van der Waals surface area contributed by atoms with Crippen molar-refractivity contribution in [1.29, 1.82) is 0 Å². The van der Waals surface area contributed by atoms with Crippen LogP contribution in [0.2, 0.25) is 0 Å². The fraction of sp³-hybridized carbons (Fsp3) is 0.111. The van der Waals surface area contributed by atoms with Crippen molar-refractivity contribution in [2.45, 2.75) is 6.54 Å². The lowest BCUT2D eigenvalue weighted by atomic mass is 10.2. The van der Waals surface area contributed by atoms with Gasteiger partial charge in [-0.25, -0.2) is 0 Å². The highest BCUT2D eigenvalue weighted by Crippen LogP contribution is 2.11. The van der Waals surface area contributed by atoms with E-state index >= 15 is 0 Å². The molecule has 0 aliphatic rings. The lowest BCUT2D eigenvalue weighted by Crippen LogP contribution is -3.00. The molecule has 0 spiro atoms. The SMILES string of the molecule is Nn1cn[n+](Cc2ccc([N+](=O)[O-])cc2)c1.[Cl-]. The maximum Gasteiger partial charge on any atom is 0.289 e. The molecular weight excluding hydrogens is 246 g/mol. The summed E-state index contributed by atoms with van der Waals surface area (Å²) in [6.45, 7) is 0.530. The second-order valence-electron chi connectivity index (χ2n) is 3.31. The highest BCUT2D eigenvalue weighted by Gasteiger charge is 2.07. The van der Waals surface area contributed by atoms with E-state index in [0.717, 1.165) is 5.56 Å². The minimum Gasteiger partial charge on any atom is -1.00 e. The van der Waals surface area contributed by atoms with Gasteiger partial charge in [-0.15, -0.1) is 9.36 Å². The van der Waals surface area contributed by atoms with Crippen LogP contribution in [0.1, 0.15) is 5.56 Å². The maximum atomic E-state index is 10.4. The van der Waals surface area contributed by atoms with E-state index in [4.69, 9.17) is 5.84 Å². The molecule has 0 unspecified atom stereocenters. The Labute approximate surface area is 103 Å². The van der Waals surface area contributed by atoms with E-state index in [1.165, 1.54) is 23.1 Å². The first kappa shape index (κ1) is 12.9. The minimum absolute atomic E-state index is 0. The molecule has 2 aromatic rings. The Bertz CT molecular complexity index is 510. The van der Waals surface area contributed by atoms with Gasteiger partial charge in [0.05, 0.1) is 4.92 Å². The average Bonchev–Trinajstić information content (AvgIpc) is 2.65. The highest BCUT2D eigenvalue weighted by atomic mass is 35.5. The van der Waals surface area contributed by atoms with Crippen LogP contribution in [0.5, 0.6) is 0 Å². The average molecular weight is 256 g/mol. The van der Waals surface area contributed by atoms with Crippen LogP contribution in [-0.2, 0) is 6.54 Å². The van der Waals surface area contributed by atoms with Gasteiger partial charge in [0.1, 0.15) is 6.54 Å². The number of rotatable bonds is 3. The van der Waals surface area contributed by atoms with Gasteiger partial charge in [0.15, 0.2) is 0 Å². The van der Waals surface area contributed by atoms with Crippen LogP contribution < -0.4 is 22.9 Å². The van der Waals surface area contributed by atoms with Crippen LogP contribution >= 0.6 is 0 Å². The summed E-state index contributed by atoms with van der Waals surface area (Å²) in [7, 11) is 0. The quantitative estimate of drug-likeness (QED) is 0.271. The van der Waals surface area contributed by atoms with Crippen molar-refractivity contribution in [3.8, 4) is 0 Å². The molecule has 1 aromatic heterocycles. The molecule has 1 aromatic carbocycles. The summed E-state index contributed by atoms with van der Waals surface area (Å²) >= 11 is 0. The Balaban J connectivity index is 0.00000144. The third kappa shape index (κ3) is 3.15. The van der Waals surface area contributed by atoms with E-state index in [0.29, 0.717) is 6.54 Å². The third-order valence-corrected chi connectivity index (χ3v) is 2.09. The van der Waals surface area contributed by atoms with Crippen molar-refractivity contribution in [1.82, 2.24) is 9.77 Å². The lowest BCUT2D eigenvalue weighted by Gasteiger charge is -1.95. The van der Waals surface area contributed by atoms with Crippen LogP contribution in [0.3, 0.4) is 0 Å². The standard InChI is InChI=1S/C9H10N5O2.ClH/c10-12-6-11-13(7-12)5-8-1-3-9(4-2-8)14(15)16;/h1-4,6-7H,5,10H2;1H/q+1;/p-1. The van der Waals surface area contributed by atoms with Crippen molar-refractivity contribution in [3.05, 3.63) is 52.6 Å². The summed E-state index contributed by atoms with van der Waals surface area (Å²) in [5.74, 6) is 5.44. The highest BCUT2D eigenvalue weighted by molar-refractivity contribution is 5.32. The molecular formula is C9H10ClN5O2. The zero-order valence-electron chi connectivity index (χ0n) is 8.73. The second-order valence-corrected chi connectivity index (χ2v) is 3.31. The molecule has 0 aliphatic carbocycles. The first-order valence-electron chi connectivity index (χ1n) is 4.57. The molecule has 7 nitrogen and oxygen atoms in total. The Morgan fingerprint density at radius 1 is 1.41 bits per heavy atom. The van der Waals surface area contributed by atoms with Gasteiger partial charge in [0.2, 0.25) is 6.33 Å². The monoisotopic (exact) mass is 255 g/mol. The third-order valence-electron chi connectivity index (χ3n) is 2.09. The summed E-state index contributed by atoms with van der Waals surface area (Å²) in [6.07, 6.45) is 3.10. The van der Waals surface area contributed by atoms with Crippen molar-refractivity contribution in [3.63, 3.8) is 0 Å². The smallest absolute Gasteiger partial charge is 0.289 e. The number of nitro groups is 1. The molecule has 90 valence electrons. The Morgan fingerprint density at radius 3 is 2.53 bits per heavy atom. The normalized spacial score (nSPS) is 9.65. The minimum atomic E-state index is -0.425. The summed E-state index contributed by atoms with van der Waals surface area (Å²) < 4.78 is 2.98. The topological polar surface area (TPSA) is 90.9 Å². The molecule has 0 atom stereocenters. The molecule has 8 heteroatoms. The van der Waals surface area contributed by atoms with Crippen molar-refractivity contribution < 1.29 is 22.0 Å². The number of non-ortho nitro benzene ring substituents is 1. The van der Waals surface area contributed by atoms with Gasteiger partial charge in [0, 0.05) is 12.1 Å². The molecule has 0 radical (unpaired) electrons. The molecule has 0 amide bonds. The van der Waals surface area contributed by atoms with Gasteiger partial charge in [-0.2, -0.15) is 0 Å². The van der Waals surface area contributed by atoms with Gasteiger partial charge in [-0.05, 0) is 22.8 Å². The Kier molecular flexibility index (Phi) is 4.00. The van der Waals surface area contributed by atoms with Crippen molar-refractivity contribution in [2.75, 3.05) is 5.84 Å². The van der Waals surface area contributed by atoms with E-state index in [1.54, 1.807) is 23.1 Å². The van der Waals surface area contributed by atoms with E-state index in [-0.39, 0.29) is 18.1 Å². The number of aromatic nitrogens is 3. The van der Waals surface area contributed by atoms with Crippen LogP contribution in [0.25, 0.3) is 0 Å². The molecule has 0 aliphatic heterocycles. The maximum absolute atomic E-state index is 10.4. The summed E-state index contributed by atoms with van der Waals surface area (Å²) in [5.41, 5.74) is 1.01. The van der Waals surface area contributed by atoms with Gasteiger partial charge in [-0.3, -0.25) is 16.0 Å². The van der Waals surface area contributed by atoms with Crippen LogP contribution in [0, 0.1) is 10.1 Å². The molecule has 17 heavy (non-hydrogen) atoms. The molecule has 0 saturated heterocycles. The number of benzene rings is 1. The van der Waals surface area contributed by atoms with Gasteiger partial charge >= 0.3 is 0 Å². The molecule has 2 N–H and O–H groups in total. The predicted octanol–water partition coefficient (Wildman–Crippen LogP) is -3.16.